The van der Waals surface area contributed by atoms with E-state index in [0.717, 1.165) is 0 Å². The normalized spacial score (nSPS) is 11.2. The summed E-state index contributed by atoms with van der Waals surface area (Å²) in [5.41, 5.74) is 0. The van der Waals surface area contributed by atoms with E-state index < -0.39 is 0 Å². The molecule has 86 valence electrons. The van der Waals surface area contributed by atoms with Gasteiger partial charge in [-0.25, -0.2) is 9.13 Å². The highest BCUT2D eigenvalue weighted by atomic mass is 15.1. The monoisotopic (exact) mass is 209 g/mol. The van der Waals surface area contributed by atoms with Gasteiger partial charge in [0.1, 0.15) is 12.4 Å². The maximum Gasteiger partial charge on any atom is 0.243 e. The zero-order valence-electron chi connectivity index (χ0n) is 10.4. The van der Waals surface area contributed by atoms with Crippen LogP contribution in [0, 0.1) is 0 Å². The lowest BCUT2D eigenvalue weighted by atomic mass is 10.1. The summed E-state index contributed by atoms with van der Waals surface area (Å²) >= 11 is 0. The first kappa shape index (κ1) is 12.3. The summed E-state index contributed by atoms with van der Waals surface area (Å²) in [4.78, 5) is 0. The predicted molar refractivity (Wildman–Crippen MR) is 63.8 cm³/mol. The highest BCUT2D eigenvalue weighted by Crippen LogP contribution is 2.03. The summed E-state index contributed by atoms with van der Waals surface area (Å²) in [5, 5.41) is 0. The van der Waals surface area contributed by atoms with Crippen molar-refractivity contribution in [2.75, 3.05) is 0 Å². The van der Waals surface area contributed by atoms with Crippen molar-refractivity contribution in [3.8, 4) is 0 Å². The van der Waals surface area contributed by atoms with Crippen molar-refractivity contribution in [2.24, 2.45) is 0 Å². The van der Waals surface area contributed by atoms with Crippen LogP contribution in [0.5, 0.6) is 0 Å². The number of rotatable bonds is 7. The van der Waals surface area contributed by atoms with Crippen LogP contribution in [0.3, 0.4) is 0 Å². The van der Waals surface area contributed by atoms with Gasteiger partial charge in [-0.15, -0.1) is 0 Å². The van der Waals surface area contributed by atoms with E-state index in [0.29, 0.717) is 6.04 Å². The summed E-state index contributed by atoms with van der Waals surface area (Å²) in [6.45, 7) is 7.86. The molecule has 0 fully saturated rings. The van der Waals surface area contributed by atoms with Crippen LogP contribution in [-0.4, -0.2) is 4.57 Å². The summed E-state index contributed by atoms with van der Waals surface area (Å²) < 4.78 is 4.55. The lowest BCUT2D eigenvalue weighted by molar-refractivity contribution is -0.697. The molecule has 0 N–H and O–H groups in total. The van der Waals surface area contributed by atoms with E-state index >= 15 is 0 Å². The summed E-state index contributed by atoms with van der Waals surface area (Å²) in [6, 6.07) is 0.575. The molecular weight excluding hydrogens is 184 g/mol. The van der Waals surface area contributed by atoms with Crippen molar-refractivity contribution in [3.63, 3.8) is 0 Å². The largest absolute Gasteiger partial charge is 0.243 e. The Labute approximate surface area is 93.9 Å². The molecule has 0 bridgehead atoms. The molecule has 0 saturated heterocycles. The first-order valence-electron chi connectivity index (χ1n) is 6.30. The molecule has 2 nitrogen and oxygen atoms in total. The number of imidazole rings is 1. The molecule has 0 aliphatic rings. The van der Waals surface area contributed by atoms with Crippen LogP contribution in [0.15, 0.2) is 18.7 Å². The lowest BCUT2D eigenvalue weighted by Gasteiger charge is -1.99. The second-order valence-corrected chi connectivity index (χ2v) is 4.61. The quantitative estimate of drug-likeness (QED) is 0.481. The zero-order chi connectivity index (χ0) is 11.1. The molecule has 2 heteroatoms. The van der Waals surface area contributed by atoms with E-state index in [9.17, 15) is 0 Å². The van der Waals surface area contributed by atoms with Crippen LogP contribution in [0.4, 0.5) is 0 Å². The SMILES string of the molecule is CCCCCCC[n+]1ccn(C(C)C)c1. The smallest absolute Gasteiger partial charge is 0.237 e. The van der Waals surface area contributed by atoms with E-state index in [2.05, 4.69) is 48.6 Å². The van der Waals surface area contributed by atoms with Crippen molar-refractivity contribution in [2.45, 2.75) is 65.5 Å². The van der Waals surface area contributed by atoms with Crippen LogP contribution < -0.4 is 4.57 Å². The van der Waals surface area contributed by atoms with Crippen LogP contribution in [0.25, 0.3) is 0 Å². The van der Waals surface area contributed by atoms with Gasteiger partial charge in [0.2, 0.25) is 6.33 Å². The van der Waals surface area contributed by atoms with Crippen LogP contribution in [0.1, 0.15) is 58.9 Å². The third-order valence-electron chi connectivity index (χ3n) is 2.83. The van der Waals surface area contributed by atoms with Crippen molar-refractivity contribution < 1.29 is 4.57 Å². The Morgan fingerprint density at radius 2 is 1.87 bits per heavy atom. The number of unbranched alkanes of at least 4 members (excludes halogenated alkanes) is 4. The second-order valence-electron chi connectivity index (χ2n) is 4.61. The van der Waals surface area contributed by atoms with E-state index in [1.165, 1.54) is 38.6 Å². The minimum Gasteiger partial charge on any atom is -0.237 e. The Hall–Kier alpha value is -0.790. The Balaban J connectivity index is 2.20. The molecule has 1 rings (SSSR count). The topological polar surface area (TPSA) is 8.81 Å². The Bertz CT molecular complexity index is 263. The average Bonchev–Trinajstić information content (AvgIpc) is 2.66. The Morgan fingerprint density at radius 1 is 1.13 bits per heavy atom. The van der Waals surface area contributed by atoms with E-state index in [-0.39, 0.29) is 0 Å². The van der Waals surface area contributed by atoms with Gasteiger partial charge >= 0.3 is 0 Å². The van der Waals surface area contributed by atoms with Crippen molar-refractivity contribution in [1.82, 2.24) is 4.57 Å². The highest BCUT2D eigenvalue weighted by Gasteiger charge is 2.05. The van der Waals surface area contributed by atoms with Gasteiger partial charge in [0.05, 0.1) is 12.6 Å². The third-order valence-corrected chi connectivity index (χ3v) is 2.83. The van der Waals surface area contributed by atoms with Gasteiger partial charge in [-0.1, -0.05) is 26.2 Å². The highest BCUT2D eigenvalue weighted by molar-refractivity contribution is 4.69. The number of nitrogens with zero attached hydrogens (tertiary/aromatic N) is 2. The van der Waals surface area contributed by atoms with Gasteiger partial charge in [-0.2, -0.15) is 0 Å². The zero-order valence-corrected chi connectivity index (χ0v) is 10.4. The number of aryl methyl sites for hydroxylation is 1. The van der Waals surface area contributed by atoms with Gasteiger partial charge in [0, 0.05) is 0 Å². The summed E-state index contributed by atoms with van der Waals surface area (Å²) in [6.07, 6.45) is 13.3. The minimum absolute atomic E-state index is 0.575. The molecule has 0 aromatic carbocycles. The maximum atomic E-state index is 2.30. The molecule has 0 saturated carbocycles. The maximum absolute atomic E-state index is 2.30. The van der Waals surface area contributed by atoms with Gasteiger partial charge in [0.25, 0.3) is 0 Å². The number of aromatic nitrogens is 2. The molecule has 1 heterocycles. The average molecular weight is 209 g/mol. The fourth-order valence-corrected chi connectivity index (χ4v) is 1.75. The molecule has 15 heavy (non-hydrogen) atoms. The molecule has 0 aliphatic heterocycles. The summed E-state index contributed by atoms with van der Waals surface area (Å²) in [7, 11) is 0. The van der Waals surface area contributed by atoms with Gasteiger partial charge < -0.3 is 0 Å². The predicted octanol–water partition coefficient (Wildman–Crippen LogP) is 3.33. The molecule has 1 aromatic heterocycles. The number of hydrogen-bond acceptors (Lipinski definition) is 0. The van der Waals surface area contributed by atoms with Crippen LogP contribution >= 0.6 is 0 Å². The first-order chi connectivity index (χ1) is 7.24. The fraction of sp³-hybridized carbons (Fsp3) is 0.769. The van der Waals surface area contributed by atoms with Crippen molar-refractivity contribution >= 4 is 0 Å². The molecular formula is C13H25N2+. The molecule has 0 amide bonds. The van der Waals surface area contributed by atoms with Crippen LogP contribution in [0.2, 0.25) is 0 Å². The van der Waals surface area contributed by atoms with Crippen LogP contribution in [-0.2, 0) is 6.54 Å². The first-order valence-corrected chi connectivity index (χ1v) is 6.30. The molecule has 0 spiro atoms. The standard InChI is InChI=1S/C13H25N2/c1-4-5-6-7-8-9-14-10-11-15(12-14)13(2)3/h10-13H,4-9H2,1-3H3/q+1. The van der Waals surface area contributed by atoms with E-state index in [1.807, 2.05) is 0 Å². The van der Waals surface area contributed by atoms with Gasteiger partial charge in [-0.05, 0) is 26.7 Å². The van der Waals surface area contributed by atoms with Gasteiger partial charge in [-0.3, -0.25) is 0 Å². The van der Waals surface area contributed by atoms with Crippen molar-refractivity contribution in [1.29, 1.82) is 0 Å². The third kappa shape index (κ3) is 4.50. The molecule has 0 radical (unpaired) electrons. The molecule has 0 unspecified atom stereocenters. The summed E-state index contributed by atoms with van der Waals surface area (Å²) in [5.74, 6) is 0. The molecule has 1 aromatic rings. The molecule has 0 aliphatic carbocycles. The van der Waals surface area contributed by atoms with Crippen molar-refractivity contribution in [3.05, 3.63) is 18.7 Å². The Kier molecular flexibility index (Phi) is 5.44. The Morgan fingerprint density at radius 3 is 2.47 bits per heavy atom. The molecule has 0 atom stereocenters. The number of hydrogen-bond donors (Lipinski definition) is 0. The van der Waals surface area contributed by atoms with E-state index in [1.54, 1.807) is 0 Å². The van der Waals surface area contributed by atoms with Gasteiger partial charge in [0.15, 0.2) is 0 Å². The second kappa shape index (κ2) is 6.65. The fourth-order valence-electron chi connectivity index (χ4n) is 1.75. The van der Waals surface area contributed by atoms with E-state index in [4.69, 9.17) is 0 Å². The lowest BCUT2D eigenvalue weighted by Crippen LogP contribution is -2.31. The minimum atomic E-state index is 0.575.